The summed E-state index contributed by atoms with van der Waals surface area (Å²) in [7, 11) is 0. The summed E-state index contributed by atoms with van der Waals surface area (Å²) < 4.78 is 5.31. The monoisotopic (exact) mass is 421 g/mol. The predicted molar refractivity (Wildman–Crippen MR) is 104 cm³/mol. The van der Waals surface area contributed by atoms with E-state index in [4.69, 9.17) is 16.3 Å². The van der Waals surface area contributed by atoms with Gasteiger partial charge in [0.2, 0.25) is 0 Å². The maximum absolute atomic E-state index is 13.2. The molecule has 7 nitrogen and oxygen atoms in total. The lowest BCUT2D eigenvalue weighted by Gasteiger charge is -2.26. The van der Waals surface area contributed by atoms with Crippen LogP contribution in [0.3, 0.4) is 0 Å². The molecule has 0 aromatic heterocycles. The highest BCUT2D eigenvalue weighted by atomic mass is 35.5. The number of carbonyl (C=O) groups excluding carboxylic acids is 2. The molecule has 3 rings (SSSR count). The first-order valence-electron chi connectivity index (χ1n) is 8.22. The van der Waals surface area contributed by atoms with Gasteiger partial charge in [-0.2, -0.15) is 0 Å². The molecule has 0 bridgehead atoms. The van der Waals surface area contributed by atoms with Crippen molar-refractivity contribution < 1.29 is 29.3 Å². The Morgan fingerprint density at radius 2 is 1.89 bits per heavy atom. The average Bonchev–Trinajstić information content (AvgIpc) is 2.72. The van der Waals surface area contributed by atoms with Crippen LogP contribution in [0.15, 0.2) is 47.4 Å². The first-order chi connectivity index (χ1) is 13.3. The molecule has 0 saturated heterocycles. The molecule has 2 aromatic rings. The number of benzene rings is 2. The number of carboxylic acid groups (broad SMARTS) is 1. The van der Waals surface area contributed by atoms with Crippen LogP contribution in [0, 0.1) is 0 Å². The van der Waals surface area contributed by atoms with Crippen molar-refractivity contribution in [2.24, 2.45) is 0 Å². The Bertz CT molecular complexity index is 933. The number of carboxylic acids is 1. The fourth-order valence-corrected chi connectivity index (χ4v) is 4.50. The van der Waals surface area contributed by atoms with E-state index in [1.54, 1.807) is 30.3 Å². The second-order valence-corrected chi connectivity index (χ2v) is 7.71. The van der Waals surface area contributed by atoms with Crippen LogP contribution >= 0.6 is 23.4 Å². The van der Waals surface area contributed by atoms with Crippen LogP contribution in [0.25, 0.3) is 0 Å². The Morgan fingerprint density at radius 3 is 2.50 bits per heavy atom. The minimum Gasteiger partial charge on any atom is -0.508 e. The maximum atomic E-state index is 13.2. The molecule has 9 heteroatoms. The molecule has 0 unspecified atom stereocenters. The fourth-order valence-electron chi connectivity index (χ4n) is 2.90. The lowest BCUT2D eigenvalue weighted by Crippen LogP contribution is -2.44. The molecule has 0 aliphatic carbocycles. The Morgan fingerprint density at radius 1 is 1.21 bits per heavy atom. The van der Waals surface area contributed by atoms with Crippen LogP contribution in [0.1, 0.15) is 17.7 Å². The summed E-state index contributed by atoms with van der Waals surface area (Å²) in [6.45, 7) is 0.594. The van der Waals surface area contributed by atoms with Crippen molar-refractivity contribution in [3.05, 3.63) is 53.1 Å². The van der Waals surface area contributed by atoms with E-state index in [-0.39, 0.29) is 5.75 Å². The number of aliphatic carboxylic acids is 1. The zero-order valence-electron chi connectivity index (χ0n) is 14.7. The van der Waals surface area contributed by atoms with E-state index in [2.05, 4.69) is 0 Å². The maximum Gasteiger partial charge on any atom is 0.323 e. The van der Waals surface area contributed by atoms with Crippen LogP contribution in [0.5, 0.6) is 5.75 Å². The number of hydrogen-bond donors (Lipinski definition) is 2. The molecule has 1 heterocycles. The zero-order chi connectivity index (χ0) is 20.4. The number of rotatable bonds is 4. The van der Waals surface area contributed by atoms with E-state index in [9.17, 15) is 24.6 Å². The lowest BCUT2D eigenvalue weighted by atomic mass is 10.1. The summed E-state index contributed by atoms with van der Waals surface area (Å²) in [6.07, 6.45) is -1.25. The number of carbonyl (C=O) groups is 3. The normalized spacial score (nSPS) is 18.9. The molecular formula is C19H16ClNO6S. The summed E-state index contributed by atoms with van der Waals surface area (Å²) in [5.74, 6) is -2.47. The summed E-state index contributed by atoms with van der Waals surface area (Å²) in [4.78, 5) is 37.9. The van der Waals surface area contributed by atoms with Crippen LogP contribution < -0.4 is 4.90 Å². The third kappa shape index (κ3) is 4.23. The first-order valence-corrected chi connectivity index (χ1v) is 9.47. The smallest absolute Gasteiger partial charge is 0.323 e. The van der Waals surface area contributed by atoms with Gasteiger partial charge in [0.05, 0.1) is 10.9 Å². The number of amides is 1. The van der Waals surface area contributed by atoms with Crippen LogP contribution in [-0.2, 0) is 19.1 Å². The van der Waals surface area contributed by atoms with Gasteiger partial charge < -0.3 is 14.9 Å². The van der Waals surface area contributed by atoms with Crippen LogP contribution in [0.4, 0.5) is 5.69 Å². The van der Waals surface area contributed by atoms with Crippen molar-refractivity contribution in [2.75, 3.05) is 11.4 Å². The second kappa shape index (κ2) is 8.12. The number of phenols is 1. The number of thioether (sulfide) groups is 1. The van der Waals surface area contributed by atoms with Gasteiger partial charge in [-0.1, -0.05) is 23.7 Å². The highest BCUT2D eigenvalue weighted by Gasteiger charge is 2.41. The summed E-state index contributed by atoms with van der Waals surface area (Å²) in [6, 6.07) is 10.9. The Balaban J connectivity index is 2.15. The summed E-state index contributed by atoms with van der Waals surface area (Å²) in [5.41, 5.74) is 1.01. The highest BCUT2D eigenvalue weighted by Crippen LogP contribution is 2.47. The third-order valence-electron chi connectivity index (χ3n) is 4.06. The van der Waals surface area contributed by atoms with Gasteiger partial charge in [0.25, 0.3) is 5.91 Å². The molecule has 0 radical (unpaired) electrons. The quantitative estimate of drug-likeness (QED) is 0.730. The number of anilines is 1. The van der Waals surface area contributed by atoms with Gasteiger partial charge >= 0.3 is 11.9 Å². The van der Waals surface area contributed by atoms with Crippen molar-refractivity contribution in [3.8, 4) is 5.75 Å². The van der Waals surface area contributed by atoms with Crippen molar-refractivity contribution >= 4 is 46.9 Å². The zero-order valence-corrected chi connectivity index (χ0v) is 16.2. The SMILES string of the molecule is CC(=O)O[C@H]1C(=O)N(CC(=O)O)c2ccc(Cl)cc2S[C@H]1c1ccc(O)cc1. The molecule has 0 saturated carbocycles. The topological polar surface area (TPSA) is 104 Å². The van der Waals surface area contributed by atoms with E-state index in [0.717, 1.165) is 4.90 Å². The van der Waals surface area contributed by atoms with E-state index >= 15 is 0 Å². The van der Waals surface area contributed by atoms with Gasteiger partial charge in [-0.15, -0.1) is 11.8 Å². The molecule has 2 atom stereocenters. The minimum absolute atomic E-state index is 0.0497. The van der Waals surface area contributed by atoms with Gasteiger partial charge in [0, 0.05) is 16.8 Å². The Labute approximate surface area is 169 Å². The number of nitrogens with zero attached hydrogens (tertiary/aromatic N) is 1. The number of hydrogen-bond acceptors (Lipinski definition) is 6. The average molecular weight is 422 g/mol. The molecule has 28 heavy (non-hydrogen) atoms. The van der Waals surface area contributed by atoms with Crippen LogP contribution in [-0.4, -0.2) is 40.7 Å². The Kier molecular flexibility index (Phi) is 5.81. The molecule has 2 N–H and O–H groups in total. The lowest BCUT2D eigenvalue weighted by molar-refractivity contribution is -0.153. The van der Waals surface area contributed by atoms with Gasteiger partial charge in [0.15, 0.2) is 6.10 Å². The molecule has 0 spiro atoms. The van der Waals surface area contributed by atoms with Crippen molar-refractivity contribution in [1.82, 2.24) is 0 Å². The van der Waals surface area contributed by atoms with Gasteiger partial charge in [-0.05, 0) is 35.9 Å². The van der Waals surface area contributed by atoms with E-state index < -0.39 is 35.7 Å². The van der Waals surface area contributed by atoms with Gasteiger partial charge in [-0.3, -0.25) is 19.3 Å². The van der Waals surface area contributed by atoms with Crippen molar-refractivity contribution in [1.29, 1.82) is 0 Å². The number of halogens is 1. The summed E-state index contributed by atoms with van der Waals surface area (Å²) in [5, 5.41) is 18.6. The number of aromatic hydroxyl groups is 1. The fraction of sp³-hybridized carbons (Fsp3) is 0.211. The van der Waals surface area contributed by atoms with Crippen molar-refractivity contribution in [2.45, 2.75) is 23.2 Å². The molecular weight excluding hydrogens is 406 g/mol. The van der Waals surface area contributed by atoms with Gasteiger partial charge in [-0.25, -0.2) is 0 Å². The van der Waals surface area contributed by atoms with Gasteiger partial charge in [0.1, 0.15) is 12.3 Å². The Hall–Kier alpha value is -2.71. The largest absolute Gasteiger partial charge is 0.508 e. The molecule has 1 amide bonds. The molecule has 0 fully saturated rings. The molecule has 1 aliphatic rings. The number of esters is 1. The molecule has 146 valence electrons. The highest BCUT2D eigenvalue weighted by molar-refractivity contribution is 7.99. The second-order valence-electron chi connectivity index (χ2n) is 6.09. The van der Waals surface area contributed by atoms with E-state index in [1.807, 2.05) is 0 Å². The predicted octanol–water partition coefficient (Wildman–Crippen LogP) is 3.24. The molecule has 1 aliphatic heterocycles. The van der Waals surface area contributed by atoms with E-state index in [1.165, 1.54) is 30.8 Å². The standard InChI is InChI=1S/C19H16ClNO6S/c1-10(22)27-17-18(11-2-5-13(23)6-3-11)28-15-8-12(20)4-7-14(15)21(19(17)26)9-16(24)25/h2-8,17-18,23H,9H2,1H3,(H,24,25)/t17-,18+/m1/s1. The number of ether oxygens (including phenoxy) is 1. The van der Waals surface area contributed by atoms with E-state index in [0.29, 0.717) is 21.2 Å². The number of phenolic OH excluding ortho intramolecular Hbond substituents is 1. The third-order valence-corrected chi connectivity index (χ3v) is 5.65. The molecule has 2 aromatic carbocycles. The minimum atomic E-state index is -1.25. The summed E-state index contributed by atoms with van der Waals surface area (Å²) >= 11 is 7.34. The van der Waals surface area contributed by atoms with Crippen molar-refractivity contribution in [3.63, 3.8) is 0 Å². The first kappa shape index (κ1) is 20.0. The number of fused-ring (bicyclic) bond motifs is 1. The van der Waals surface area contributed by atoms with Crippen LogP contribution in [0.2, 0.25) is 5.02 Å².